The van der Waals surface area contributed by atoms with E-state index in [1.165, 1.54) is 0 Å². The highest BCUT2D eigenvalue weighted by Gasteiger charge is 2.07. The maximum absolute atomic E-state index is 13.7. The zero-order valence-electron chi connectivity index (χ0n) is 11.1. The van der Waals surface area contributed by atoms with Gasteiger partial charge in [0.05, 0.1) is 0 Å². The van der Waals surface area contributed by atoms with Gasteiger partial charge in [-0.3, -0.25) is 4.90 Å². The summed E-state index contributed by atoms with van der Waals surface area (Å²) >= 11 is 0. The molecule has 0 saturated carbocycles. The van der Waals surface area contributed by atoms with Crippen molar-refractivity contribution >= 4 is 0 Å². The van der Waals surface area contributed by atoms with E-state index in [1.807, 2.05) is 12.1 Å². The molecule has 0 unspecified atom stereocenters. The normalized spacial score (nSPS) is 11.1. The Hall–Kier alpha value is -0.930. The summed E-state index contributed by atoms with van der Waals surface area (Å²) in [7, 11) is 0. The van der Waals surface area contributed by atoms with E-state index in [9.17, 15) is 4.39 Å². The molecule has 1 N–H and O–H groups in total. The Kier molecular flexibility index (Phi) is 6.16. The summed E-state index contributed by atoms with van der Waals surface area (Å²) in [6.07, 6.45) is 0. The van der Waals surface area contributed by atoms with Crippen LogP contribution in [0.5, 0.6) is 0 Å². The summed E-state index contributed by atoms with van der Waals surface area (Å²) in [5, 5.41) is 3.26. The molecule has 0 heterocycles. The van der Waals surface area contributed by atoms with Crippen LogP contribution >= 0.6 is 0 Å². The molecule has 1 rings (SSSR count). The number of halogens is 1. The fourth-order valence-corrected chi connectivity index (χ4v) is 1.82. The van der Waals surface area contributed by atoms with Gasteiger partial charge in [0.25, 0.3) is 0 Å². The Balaban J connectivity index is 2.75. The average molecular weight is 238 g/mol. The van der Waals surface area contributed by atoms with Gasteiger partial charge >= 0.3 is 0 Å². The van der Waals surface area contributed by atoms with E-state index in [2.05, 4.69) is 31.0 Å². The molecule has 96 valence electrons. The van der Waals surface area contributed by atoms with Crippen molar-refractivity contribution in [2.24, 2.45) is 0 Å². The minimum absolute atomic E-state index is 0.0999. The van der Waals surface area contributed by atoms with Crippen molar-refractivity contribution in [3.8, 4) is 0 Å². The lowest BCUT2D eigenvalue weighted by atomic mass is 10.1. The third-order valence-electron chi connectivity index (χ3n) is 2.98. The molecule has 2 nitrogen and oxygen atoms in total. The van der Waals surface area contributed by atoms with Crippen LogP contribution in [0, 0.1) is 5.82 Å². The Bertz CT molecular complexity index is 335. The molecule has 0 aliphatic heterocycles. The smallest absolute Gasteiger partial charge is 0.127 e. The fraction of sp³-hybridized carbons (Fsp3) is 0.571. The van der Waals surface area contributed by atoms with Crippen LogP contribution in [0.2, 0.25) is 0 Å². The van der Waals surface area contributed by atoms with Crippen LogP contribution in [0.15, 0.2) is 18.2 Å². The second kappa shape index (κ2) is 7.41. The third-order valence-corrected chi connectivity index (χ3v) is 2.98. The number of hydrogen-bond acceptors (Lipinski definition) is 2. The molecule has 0 radical (unpaired) electrons. The molecular formula is C14H23FN2. The minimum Gasteiger partial charge on any atom is -0.313 e. The highest BCUT2D eigenvalue weighted by atomic mass is 19.1. The van der Waals surface area contributed by atoms with E-state index in [1.54, 1.807) is 6.07 Å². The molecule has 0 aromatic heterocycles. The predicted molar refractivity (Wildman–Crippen MR) is 70.4 cm³/mol. The van der Waals surface area contributed by atoms with Crippen molar-refractivity contribution < 1.29 is 4.39 Å². The Morgan fingerprint density at radius 2 is 1.88 bits per heavy atom. The van der Waals surface area contributed by atoms with E-state index in [0.717, 1.165) is 37.3 Å². The largest absolute Gasteiger partial charge is 0.313 e. The molecule has 1 aromatic rings. The lowest BCUT2D eigenvalue weighted by Crippen LogP contribution is -2.23. The van der Waals surface area contributed by atoms with Crippen molar-refractivity contribution in [2.75, 3.05) is 19.6 Å². The van der Waals surface area contributed by atoms with Gasteiger partial charge in [0.1, 0.15) is 5.82 Å². The van der Waals surface area contributed by atoms with Gasteiger partial charge in [0.15, 0.2) is 0 Å². The maximum atomic E-state index is 13.7. The molecule has 17 heavy (non-hydrogen) atoms. The standard InChI is InChI=1S/C14H23FN2/c1-4-16-10-12-7-8-14(15)13(9-12)11-17(5-2)6-3/h7-9,16H,4-6,10-11H2,1-3H3. The van der Waals surface area contributed by atoms with Gasteiger partial charge in [-0.25, -0.2) is 4.39 Å². The van der Waals surface area contributed by atoms with Crippen molar-refractivity contribution in [3.05, 3.63) is 35.1 Å². The summed E-state index contributed by atoms with van der Waals surface area (Å²) < 4.78 is 13.7. The van der Waals surface area contributed by atoms with Crippen LogP contribution in [-0.2, 0) is 13.1 Å². The first-order chi connectivity index (χ1) is 8.21. The lowest BCUT2D eigenvalue weighted by molar-refractivity contribution is 0.291. The average Bonchev–Trinajstić information content (AvgIpc) is 2.36. The summed E-state index contributed by atoms with van der Waals surface area (Å²) in [5.41, 5.74) is 1.94. The van der Waals surface area contributed by atoms with Crippen LogP contribution in [-0.4, -0.2) is 24.5 Å². The topological polar surface area (TPSA) is 15.3 Å². The van der Waals surface area contributed by atoms with Crippen molar-refractivity contribution in [1.82, 2.24) is 10.2 Å². The van der Waals surface area contributed by atoms with Crippen LogP contribution < -0.4 is 5.32 Å². The lowest BCUT2D eigenvalue weighted by Gasteiger charge is -2.19. The quantitative estimate of drug-likeness (QED) is 0.786. The summed E-state index contributed by atoms with van der Waals surface area (Å²) in [4.78, 5) is 2.22. The van der Waals surface area contributed by atoms with Crippen LogP contribution in [0.25, 0.3) is 0 Å². The Morgan fingerprint density at radius 3 is 2.47 bits per heavy atom. The molecule has 0 amide bonds. The Morgan fingerprint density at radius 1 is 1.18 bits per heavy atom. The molecule has 0 bridgehead atoms. The highest BCUT2D eigenvalue weighted by Crippen LogP contribution is 2.13. The first-order valence-corrected chi connectivity index (χ1v) is 6.41. The van der Waals surface area contributed by atoms with E-state index in [0.29, 0.717) is 6.54 Å². The summed E-state index contributed by atoms with van der Waals surface area (Å²) in [6.45, 7) is 10.6. The van der Waals surface area contributed by atoms with Crippen LogP contribution in [0.1, 0.15) is 31.9 Å². The molecule has 3 heteroatoms. The zero-order valence-corrected chi connectivity index (χ0v) is 11.1. The van der Waals surface area contributed by atoms with E-state index in [-0.39, 0.29) is 5.82 Å². The number of nitrogens with zero attached hydrogens (tertiary/aromatic N) is 1. The van der Waals surface area contributed by atoms with Crippen molar-refractivity contribution in [2.45, 2.75) is 33.9 Å². The van der Waals surface area contributed by atoms with Gasteiger partial charge in [-0.2, -0.15) is 0 Å². The molecule has 0 atom stereocenters. The van der Waals surface area contributed by atoms with Gasteiger partial charge in [-0.15, -0.1) is 0 Å². The number of rotatable bonds is 7. The second-order valence-electron chi connectivity index (χ2n) is 4.17. The number of hydrogen-bond donors (Lipinski definition) is 1. The van der Waals surface area contributed by atoms with Crippen LogP contribution in [0.4, 0.5) is 4.39 Å². The highest BCUT2D eigenvalue weighted by molar-refractivity contribution is 5.25. The molecule has 0 saturated heterocycles. The van der Waals surface area contributed by atoms with E-state index in [4.69, 9.17) is 0 Å². The number of nitrogens with one attached hydrogen (secondary N) is 1. The molecule has 0 aliphatic carbocycles. The molecule has 0 fully saturated rings. The van der Waals surface area contributed by atoms with Gasteiger partial charge in [0, 0.05) is 18.7 Å². The van der Waals surface area contributed by atoms with E-state index < -0.39 is 0 Å². The number of benzene rings is 1. The third kappa shape index (κ3) is 4.44. The molecule has 0 aliphatic rings. The predicted octanol–water partition coefficient (Wildman–Crippen LogP) is 2.78. The van der Waals surface area contributed by atoms with Gasteiger partial charge in [-0.05, 0) is 31.3 Å². The van der Waals surface area contributed by atoms with Gasteiger partial charge in [-0.1, -0.05) is 32.9 Å². The second-order valence-corrected chi connectivity index (χ2v) is 4.17. The first-order valence-electron chi connectivity index (χ1n) is 6.41. The molecule has 1 aromatic carbocycles. The van der Waals surface area contributed by atoms with Gasteiger partial charge in [0.2, 0.25) is 0 Å². The SMILES string of the molecule is CCNCc1ccc(F)c(CN(CC)CC)c1. The fourth-order valence-electron chi connectivity index (χ4n) is 1.82. The molecular weight excluding hydrogens is 215 g/mol. The van der Waals surface area contributed by atoms with Crippen LogP contribution in [0.3, 0.4) is 0 Å². The first kappa shape index (κ1) is 14.1. The van der Waals surface area contributed by atoms with Gasteiger partial charge < -0.3 is 5.32 Å². The monoisotopic (exact) mass is 238 g/mol. The van der Waals surface area contributed by atoms with E-state index >= 15 is 0 Å². The minimum atomic E-state index is -0.0999. The summed E-state index contributed by atoms with van der Waals surface area (Å²) in [6, 6.07) is 5.39. The zero-order chi connectivity index (χ0) is 12.7. The van der Waals surface area contributed by atoms with Crippen molar-refractivity contribution in [3.63, 3.8) is 0 Å². The molecule has 0 spiro atoms. The summed E-state index contributed by atoms with van der Waals surface area (Å²) in [5.74, 6) is -0.0999. The Labute approximate surface area is 104 Å². The van der Waals surface area contributed by atoms with Crippen molar-refractivity contribution in [1.29, 1.82) is 0 Å². The maximum Gasteiger partial charge on any atom is 0.127 e.